The van der Waals surface area contributed by atoms with E-state index in [1.54, 1.807) is 0 Å². The molecule has 1 aliphatic rings. The first-order chi connectivity index (χ1) is 20.8. The zero-order valence-electron chi connectivity index (χ0n) is 24.0. The summed E-state index contributed by atoms with van der Waals surface area (Å²) in [6.45, 7) is 3.39. The smallest absolute Gasteiger partial charge is 0.113 e. The van der Waals surface area contributed by atoms with E-state index >= 15 is 0 Å². The molecule has 0 bridgehead atoms. The molecule has 42 heavy (non-hydrogen) atoms. The van der Waals surface area contributed by atoms with Gasteiger partial charge in [-0.15, -0.1) is 0 Å². The molecule has 0 radical (unpaired) electrons. The molecular formula is C36H41NO5. The number of benzene rings is 4. The molecule has 0 amide bonds. The highest BCUT2D eigenvalue weighted by molar-refractivity contribution is 5.16. The van der Waals surface area contributed by atoms with Crippen LogP contribution in [-0.4, -0.2) is 60.7 Å². The fourth-order valence-corrected chi connectivity index (χ4v) is 5.43. The van der Waals surface area contributed by atoms with Gasteiger partial charge in [0.15, 0.2) is 0 Å². The molecule has 220 valence electrons. The topological polar surface area (TPSA) is 60.4 Å². The Labute approximate surface area is 249 Å². The monoisotopic (exact) mass is 567 g/mol. The third kappa shape index (κ3) is 8.82. The second-order valence-electron chi connectivity index (χ2n) is 10.6. The highest BCUT2D eigenvalue weighted by Crippen LogP contribution is 2.29. The number of aliphatic hydroxyl groups excluding tert-OH is 1. The lowest BCUT2D eigenvalue weighted by molar-refractivity contribution is -0.211. The second kappa shape index (κ2) is 16.3. The summed E-state index contributed by atoms with van der Waals surface area (Å²) < 4.78 is 26.3. The summed E-state index contributed by atoms with van der Waals surface area (Å²) in [7, 11) is 0. The van der Waals surface area contributed by atoms with Crippen LogP contribution < -0.4 is 0 Å². The Bertz CT molecular complexity index is 1280. The van der Waals surface area contributed by atoms with E-state index in [1.807, 2.05) is 72.8 Å². The van der Waals surface area contributed by atoms with Crippen molar-refractivity contribution >= 4 is 0 Å². The molecule has 0 spiro atoms. The molecule has 0 saturated carbocycles. The number of hydrogen-bond acceptors (Lipinski definition) is 6. The number of aliphatic hydroxyl groups is 1. The van der Waals surface area contributed by atoms with Gasteiger partial charge in [0.1, 0.15) is 12.2 Å². The molecule has 4 unspecified atom stereocenters. The van der Waals surface area contributed by atoms with Crippen LogP contribution in [0.4, 0.5) is 0 Å². The molecule has 4 aromatic carbocycles. The third-order valence-electron chi connectivity index (χ3n) is 7.62. The molecule has 1 heterocycles. The van der Waals surface area contributed by atoms with Crippen LogP contribution in [0.5, 0.6) is 0 Å². The number of piperidine rings is 1. The van der Waals surface area contributed by atoms with Crippen LogP contribution in [-0.2, 0) is 45.4 Å². The summed E-state index contributed by atoms with van der Waals surface area (Å²) >= 11 is 0. The van der Waals surface area contributed by atoms with Crippen LogP contribution >= 0.6 is 0 Å². The molecule has 6 heteroatoms. The van der Waals surface area contributed by atoms with Gasteiger partial charge in [0.2, 0.25) is 0 Å². The molecule has 1 N–H and O–H groups in total. The zero-order valence-corrected chi connectivity index (χ0v) is 24.0. The lowest BCUT2D eigenvalue weighted by Crippen LogP contribution is -2.65. The van der Waals surface area contributed by atoms with Crippen molar-refractivity contribution in [2.45, 2.75) is 50.8 Å². The quantitative estimate of drug-likeness (QED) is 0.201. The predicted molar refractivity (Wildman–Crippen MR) is 164 cm³/mol. The Balaban J connectivity index is 1.40. The maximum Gasteiger partial charge on any atom is 0.113 e. The summed E-state index contributed by atoms with van der Waals surface area (Å²) in [6.07, 6.45) is -0.977. The molecule has 1 saturated heterocycles. The van der Waals surface area contributed by atoms with Gasteiger partial charge in [0, 0.05) is 13.1 Å². The maximum absolute atomic E-state index is 10.1. The normalized spacial score (nSPS) is 20.9. The van der Waals surface area contributed by atoms with Gasteiger partial charge < -0.3 is 24.1 Å². The van der Waals surface area contributed by atoms with Gasteiger partial charge in [-0.05, 0) is 22.3 Å². The molecule has 4 atom stereocenters. The van der Waals surface area contributed by atoms with Crippen molar-refractivity contribution in [3.05, 3.63) is 144 Å². The van der Waals surface area contributed by atoms with Gasteiger partial charge in [-0.2, -0.15) is 0 Å². The van der Waals surface area contributed by atoms with Crippen molar-refractivity contribution in [1.29, 1.82) is 0 Å². The van der Waals surface area contributed by atoms with Crippen LogP contribution in [0.25, 0.3) is 0 Å². The fraction of sp³-hybridized carbons (Fsp3) is 0.333. The largest absolute Gasteiger partial charge is 0.395 e. The Hall–Kier alpha value is -3.36. The van der Waals surface area contributed by atoms with Crippen molar-refractivity contribution in [2.75, 3.05) is 26.3 Å². The summed E-state index contributed by atoms with van der Waals surface area (Å²) in [4.78, 5) is 2.23. The van der Waals surface area contributed by atoms with Gasteiger partial charge in [-0.1, -0.05) is 121 Å². The van der Waals surface area contributed by atoms with Gasteiger partial charge >= 0.3 is 0 Å². The molecule has 1 fully saturated rings. The first-order valence-electron chi connectivity index (χ1n) is 14.7. The lowest BCUT2D eigenvalue weighted by Gasteiger charge is -2.48. The molecule has 0 aliphatic carbocycles. The minimum atomic E-state index is -0.356. The number of rotatable bonds is 15. The molecule has 6 nitrogen and oxygen atoms in total. The summed E-state index contributed by atoms with van der Waals surface area (Å²) in [6, 6.07) is 40.6. The van der Waals surface area contributed by atoms with E-state index in [4.69, 9.17) is 18.9 Å². The third-order valence-corrected chi connectivity index (χ3v) is 7.62. The summed E-state index contributed by atoms with van der Waals surface area (Å²) in [5, 5.41) is 10.1. The van der Waals surface area contributed by atoms with Crippen molar-refractivity contribution in [2.24, 2.45) is 0 Å². The number of nitrogens with zero attached hydrogens (tertiary/aromatic N) is 1. The maximum atomic E-state index is 10.1. The van der Waals surface area contributed by atoms with Crippen LogP contribution in [0, 0.1) is 0 Å². The van der Waals surface area contributed by atoms with Crippen molar-refractivity contribution in [1.82, 2.24) is 4.90 Å². The number of ether oxygens (including phenoxy) is 4. The molecule has 4 aromatic rings. The Morgan fingerprint density at radius 3 is 1.45 bits per heavy atom. The standard InChI is InChI=1S/C36H41NO5/c38-22-21-37-23-34(40-25-30-15-7-2-8-16-30)36(42-27-32-19-11-4-12-20-32)35(41-26-31-17-9-3-10-18-31)33(37)28-39-24-29-13-5-1-6-14-29/h1-20,33-36,38H,21-28H2. The minimum Gasteiger partial charge on any atom is -0.395 e. The molecule has 0 aromatic heterocycles. The van der Waals surface area contributed by atoms with Crippen LogP contribution in [0.1, 0.15) is 22.3 Å². The fourth-order valence-electron chi connectivity index (χ4n) is 5.43. The van der Waals surface area contributed by atoms with Crippen molar-refractivity contribution in [3.8, 4) is 0 Å². The van der Waals surface area contributed by atoms with E-state index in [-0.39, 0.29) is 31.0 Å². The Morgan fingerprint density at radius 1 is 0.548 bits per heavy atom. The van der Waals surface area contributed by atoms with Crippen LogP contribution in [0.2, 0.25) is 0 Å². The van der Waals surface area contributed by atoms with E-state index in [0.29, 0.717) is 46.1 Å². The summed E-state index contributed by atoms with van der Waals surface area (Å²) in [5.74, 6) is 0. The Morgan fingerprint density at radius 2 is 0.976 bits per heavy atom. The van der Waals surface area contributed by atoms with E-state index in [1.165, 1.54) is 0 Å². The highest BCUT2D eigenvalue weighted by Gasteiger charge is 2.46. The SMILES string of the molecule is OCCN1CC(OCc2ccccc2)C(OCc2ccccc2)C(OCc2ccccc2)C1COCc1ccccc1. The van der Waals surface area contributed by atoms with Crippen LogP contribution in [0.15, 0.2) is 121 Å². The van der Waals surface area contributed by atoms with E-state index in [2.05, 4.69) is 53.4 Å². The zero-order chi connectivity index (χ0) is 28.8. The van der Waals surface area contributed by atoms with Crippen LogP contribution in [0.3, 0.4) is 0 Å². The first-order valence-corrected chi connectivity index (χ1v) is 14.7. The minimum absolute atomic E-state index is 0.0293. The second-order valence-corrected chi connectivity index (χ2v) is 10.6. The number of hydrogen-bond donors (Lipinski definition) is 1. The van der Waals surface area contributed by atoms with E-state index in [0.717, 1.165) is 22.3 Å². The Kier molecular flexibility index (Phi) is 11.7. The van der Waals surface area contributed by atoms with E-state index < -0.39 is 0 Å². The molecular weight excluding hydrogens is 526 g/mol. The summed E-state index contributed by atoms with van der Waals surface area (Å²) in [5.41, 5.74) is 4.40. The molecule has 1 aliphatic heterocycles. The average molecular weight is 568 g/mol. The van der Waals surface area contributed by atoms with Crippen molar-refractivity contribution in [3.63, 3.8) is 0 Å². The average Bonchev–Trinajstić information content (AvgIpc) is 3.05. The molecule has 5 rings (SSSR count). The van der Waals surface area contributed by atoms with Gasteiger partial charge in [-0.3, -0.25) is 4.90 Å². The van der Waals surface area contributed by atoms with Gasteiger partial charge in [-0.25, -0.2) is 0 Å². The highest BCUT2D eigenvalue weighted by atomic mass is 16.6. The van der Waals surface area contributed by atoms with Gasteiger partial charge in [0.05, 0.1) is 51.8 Å². The first kappa shape index (κ1) is 30.1. The number of β-amino-alcohol motifs (C(OH)–C–C–N with tert-alkyl or cyclic N) is 1. The van der Waals surface area contributed by atoms with E-state index in [9.17, 15) is 5.11 Å². The number of likely N-dealkylation sites (tertiary alicyclic amines) is 1. The van der Waals surface area contributed by atoms with Crippen molar-refractivity contribution < 1.29 is 24.1 Å². The van der Waals surface area contributed by atoms with Gasteiger partial charge in [0.25, 0.3) is 0 Å². The predicted octanol–water partition coefficient (Wildman–Crippen LogP) is 5.64. The lowest BCUT2D eigenvalue weighted by atomic mass is 9.93.